The van der Waals surface area contributed by atoms with Crippen LogP contribution in [-0.2, 0) is 11.3 Å². The van der Waals surface area contributed by atoms with E-state index in [0.29, 0.717) is 6.54 Å². The molecule has 0 radical (unpaired) electrons. The van der Waals surface area contributed by atoms with Gasteiger partial charge >= 0.3 is 0 Å². The van der Waals surface area contributed by atoms with Crippen molar-refractivity contribution in [2.75, 3.05) is 13.6 Å². The summed E-state index contributed by atoms with van der Waals surface area (Å²) in [4.78, 5) is 2.39. The van der Waals surface area contributed by atoms with Crippen LogP contribution in [0, 0.1) is 6.92 Å². The lowest BCUT2D eigenvalue weighted by Crippen LogP contribution is -2.61. The van der Waals surface area contributed by atoms with Crippen molar-refractivity contribution >= 4 is 0 Å². The Labute approximate surface area is 129 Å². The number of rotatable bonds is 4. The van der Waals surface area contributed by atoms with Crippen LogP contribution in [0.15, 0.2) is 24.3 Å². The van der Waals surface area contributed by atoms with Crippen molar-refractivity contribution in [1.82, 2.24) is 4.90 Å². The van der Waals surface area contributed by atoms with Gasteiger partial charge in [0, 0.05) is 13.1 Å². The lowest BCUT2D eigenvalue weighted by Gasteiger charge is -2.46. The number of hydrogen-bond donors (Lipinski definition) is 1. The van der Waals surface area contributed by atoms with E-state index in [2.05, 4.69) is 70.8 Å². The fourth-order valence-corrected chi connectivity index (χ4v) is 4.00. The first-order valence-corrected chi connectivity index (χ1v) is 7.80. The first-order valence-electron chi connectivity index (χ1n) is 7.80. The highest BCUT2D eigenvalue weighted by atomic mass is 16.5. The molecular weight excluding hydrogens is 260 g/mol. The summed E-state index contributed by atoms with van der Waals surface area (Å²) in [5.74, 6) is 0. The highest BCUT2D eigenvalue weighted by Crippen LogP contribution is 2.47. The number of benzene rings is 1. The van der Waals surface area contributed by atoms with Gasteiger partial charge in [0.25, 0.3) is 0 Å². The van der Waals surface area contributed by atoms with E-state index in [0.717, 1.165) is 13.0 Å². The van der Waals surface area contributed by atoms with E-state index >= 15 is 0 Å². The van der Waals surface area contributed by atoms with Crippen molar-refractivity contribution in [2.45, 2.75) is 64.3 Å². The second kappa shape index (κ2) is 5.38. The Balaban J connectivity index is 2.31. The van der Waals surface area contributed by atoms with Crippen LogP contribution in [-0.4, -0.2) is 35.2 Å². The predicted octanol–water partition coefficient (Wildman–Crippen LogP) is 3.10. The van der Waals surface area contributed by atoms with Crippen molar-refractivity contribution in [3.05, 3.63) is 35.4 Å². The second-order valence-electron chi connectivity index (χ2n) is 7.57. The molecule has 0 aromatic heterocycles. The molecule has 1 fully saturated rings. The Morgan fingerprint density at radius 2 is 1.81 bits per heavy atom. The van der Waals surface area contributed by atoms with Gasteiger partial charge in [0.05, 0.1) is 16.7 Å². The molecule has 0 saturated carbocycles. The van der Waals surface area contributed by atoms with Crippen LogP contribution < -0.4 is 5.73 Å². The Morgan fingerprint density at radius 3 is 2.29 bits per heavy atom. The van der Waals surface area contributed by atoms with Crippen LogP contribution in [0.25, 0.3) is 0 Å². The van der Waals surface area contributed by atoms with E-state index in [1.807, 2.05) is 0 Å². The van der Waals surface area contributed by atoms with Gasteiger partial charge in [-0.2, -0.15) is 0 Å². The van der Waals surface area contributed by atoms with E-state index in [1.165, 1.54) is 11.1 Å². The lowest BCUT2D eigenvalue weighted by atomic mass is 9.77. The molecule has 1 unspecified atom stereocenters. The van der Waals surface area contributed by atoms with Crippen molar-refractivity contribution in [1.29, 1.82) is 0 Å². The SMILES string of the molecule is Cc1ccccc1CN(C)C1(CN)CC(C)(C)OC1(C)C. The van der Waals surface area contributed by atoms with Crippen LogP contribution in [0.5, 0.6) is 0 Å². The maximum Gasteiger partial charge on any atom is 0.0830 e. The minimum atomic E-state index is -0.261. The third-order valence-electron chi connectivity index (χ3n) is 5.11. The number of hydrogen-bond acceptors (Lipinski definition) is 3. The van der Waals surface area contributed by atoms with E-state index in [-0.39, 0.29) is 16.7 Å². The Morgan fingerprint density at radius 1 is 1.19 bits per heavy atom. The molecule has 2 rings (SSSR count). The average Bonchev–Trinajstić information content (AvgIpc) is 2.57. The van der Waals surface area contributed by atoms with Crippen molar-refractivity contribution < 1.29 is 4.74 Å². The predicted molar refractivity (Wildman–Crippen MR) is 88.3 cm³/mol. The summed E-state index contributed by atoms with van der Waals surface area (Å²) in [7, 11) is 2.17. The van der Waals surface area contributed by atoms with Crippen LogP contribution in [0.1, 0.15) is 45.2 Å². The number of nitrogens with zero attached hydrogens (tertiary/aromatic N) is 1. The third-order valence-corrected chi connectivity index (χ3v) is 5.11. The quantitative estimate of drug-likeness (QED) is 0.926. The lowest BCUT2D eigenvalue weighted by molar-refractivity contribution is -0.101. The van der Waals surface area contributed by atoms with Gasteiger partial charge < -0.3 is 10.5 Å². The fraction of sp³-hybridized carbons (Fsp3) is 0.667. The molecule has 1 atom stereocenters. The molecule has 1 aliphatic heterocycles. The molecule has 0 spiro atoms. The molecule has 1 aromatic rings. The van der Waals surface area contributed by atoms with Gasteiger partial charge in [0.15, 0.2) is 0 Å². The zero-order chi connectivity index (χ0) is 15.9. The summed E-state index contributed by atoms with van der Waals surface area (Å²) in [6.07, 6.45) is 0.950. The zero-order valence-electron chi connectivity index (χ0n) is 14.4. The Hall–Kier alpha value is -0.900. The maximum absolute atomic E-state index is 6.31. The van der Waals surface area contributed by atoms with Crippen LogP contribution in [0.2, 0.25) is 0 Å². The molecule has 118 valence electrons. The summed E-state index contributed by atoms with van der Waals surface area (Å²) in [6, 6.07) is 8.55. The summed E-state index contributed by atoms with van der Waals surface area (Å²) in [5, 5.41) is 0. The smallest absolute Gasteiger partial charge is 0.0830 e. The molecule has 1 aliphatic rings. The standard InChI is InChI=1S/C18H30N2O/c1-14-9-7-8-10-15(14)11-20(6)18(13-19)12-16(2,3)21-17(18,4)5/h7-10H,11-13,19H2,1-6H3. The van der Waals surface area contributed by atoms with Gasteiger partial charge in [0.1, 0.15) is 0 Å². The van der Waals surface area contributed by atoms with Crippen molar-refractivity contribution in [3.8, 4) is 0 Å². The number of ether oxygens (including phenoxy) is 1. The Kier molecular flexibility index (Phi) is 4.22. The summed E-state index contributed by atoms with van der Waals surface area (Å²) >= 11 is 0. The molecule has 1 heterocycles. The van der Waals surface area contributed by atoms with E-state index < -0.39 is 0 Å². The van der Waals surface area contributed by atoms with Crippen LogP contribution in [0.3, 0.4) is 0 Å². The Bertz CT molecular complexity index is 510. The minimum absolute atomic E-state index is 0.136. The van der Waals surface area contributed by atoms with Gasteiger partial charge in [-0.05, 0) is 59.2 Å². The van der Waals surface area contributed by atoms with Gasteiger partial charge in [-0.25, -0.2) is 0 Å². The van der Waals surface area contributed by atoms with Gasteiger partial charge in [0.2, 0.25) is 0 Å². The molecule has 0 aliphatic carbocycles. The van der Waals surface area contributed by atoms with Crippen LogP contribution >= 0.6 is 0 Å². The molecule has 3 nitrogen and oxygen atoms in total. The normalized spacial score (nSPS) is 27.2. The summed E-state index contributed by atoms with van der Waals surface area (Å²) in [6.45, 7) is 12.3. The molecular formula is C18H30N2O. The number of aryl methyl sites for hydroxylation is 1. The summed E-state index contributed by atoms with van der Waals surface area (Å²) in [5.41, 5.74) is 8.38. The number of likely N-dealkylation sites (N-methyl/N-ethyl adjacent to an activating group) is 1. The van der Waals surface area contributed by atoms with Gasteiger partial charge in [-0.1, -0.05) is 24.3 Å². The van der Waals surface area contributed by atoms with E-state index in [4.69, 9.17) is 10.5 Å². The van der Waals surface area contributed by atoms with Gasteiger partial charge in [-0.3, -0.25) is 4.90 Å². The van der Waals surface area contributed by atoms with Crippen molar-refractivity contribution in [3.63, 3.8) is 0 Å². The average molecular weight is 290 g/mol. The fourth-order valence-electron chi connectivity index (χ4n) is 4.00. The molecule has 0 amide bonds. The van der Waals surface area contributed by atoms with Crippen molar-refractivity contribution in [2.24, 2.45) is 5.73 Å². The zero-order valence-corrected chi connectivity index (χ0v) is 14.4. The highest BCUT2D eigenvalue weighted by molar-refractivity contribution is 5.26. The number of nitrogens with two attached hydrogens (primary N) is 1. The van der Waals surface area contributed by atoms with Gasteiger partial charge in [-0.15, -0.1) is 0 Å². The molecule has 21 heavy (non-hydrogen) atoms. The van der Waals surface area contributed by atoms with E-state index in [1.54, 1.807) is 0 Å². The molecule has 2 N–H and O–H groups in total. The van der Waals surface area contributed by atoms with E-state index in [9.17, 15) is 0 Å². The molecule has 1 aromatic carbocycles. The molecule has 3 heteroatoms. The van der Waals surface area contributed by atoms with Crippen LogP contribution in [0.4, 0.5) is 0 Å². The maximum atomic E-state index is 6.31. The minimum Gasteiger partial charge on any atom is -0.368 e. The molecule has 1 saturated heterocycles. The summed E-state index contributed by atoms with van der Waals surface area (Å²) < 4.78 is 6.31. The third kappa shape index (κ3) is 2.87. The molecule has 0 bridgehead atoms. The highest BCUT2D eigenvalue weighted by Gasteiger charge is 2.58. The first kappa shape index (κ1) is 16.5. The topological polar surface area (TPSA) is 38.5 Å². The second-order valence-corrected chi connectivity index (χ2v) is 7.57. The monoisotopic (exact) mass is 290 g/mol. The first-order chi connectivity index (χ1) is 9.63. The largest absolute Gasteiger partial charge is 0.368 e.